The molecule has 2 aliphatic carbocycles. The molecule has 0 aliphatic heterocycles. The first-order valence-corrected chi connectivity index (χ1v) is 14.1. The number of carbonyl (C=O) groups is 1. The average Bonchev–Trinajstić information content (AvgIpc) is 3.44. The van der Waals surface area contributed by atoms with Gasteiger partial charge < -0.3 is 20.8 Å². The third-order valence-corrected chi connectivity index (χ3v) is 8.12. The fourth-order valence-corrected chi connectivity index (χ4v) is 5.63. The number of carbonyl (C=O) groups excluding carboxylic acids is 1. The highest BCUT2D eigenvalue weighted by Crippen LogP contribution is 2.43. The first-order valence-electron chi connectivity index (χ1n) is 13.1. The Kier molecular flexibility index (Phi) is 7.64. The van der Waals surface area contributed by atoms with Gasteiger partial charge in [0.25, 0.3) is 0 Å². The molecule has 3 aromatic rings. The van der Waals surface area contributed by atoms with Gasteiger partial charge >= 0.3 is 0 Å². The maximum atomic E-state index is 12.7. The van der Waals surface area contributed by atoms with Crippen molar-refractivity contribution >= 4 is 34.7 Å². The first kappa shape index (κ1) is 25.9. The van der Waals surface area contributed by atoms with Crippen LogP contribution in [0, 0.1) is 11.8 Å². The van der Waals surface area contributed by atoms with Gasteiger partial charge in [0.15, 0.2) is 22.1 Å². The second-order valence-electron chi connectivity index (χ2n) is 10.4. The van der Waals surface area contributed by atoms with Crippen LogP contribution in [-0.4, -0.2) is 71.6 Å². The summed E-state index contributed by atoms with van der Waals surface area (Å²) in [4.78, 5) is 22.2. The van der Waals surface area contributed by atoms with E-state index >= 15 is 0 Å². The van der Waals surface area contributed by atoms with Crippen LogP contribution in [-0.2, 0) is 4.79 Å². The summed E-state index contributed by atoms with van der Waals surface area (Å²) in [5.74, 6) is 1.19. The van der Waals surface area contributed by atoms with Crippen LogP contribution in [0.4, 0.5) is 5.82 Å². The molecule has 0 bridgehead atoms. The Morgan fingerprint density at radius 1 is 1.16 bits per heavy atom. The number of amides is 1. The van der Waals surface area contributed by atoms with Crippen molar-refractivity contribution in [2.75, 3.05) is 17.6 Å². The Balaban J connectivity index is 1.41. The fraction of sp³-hybridized carbons (Fsp3) is 0.577. The van der Waals surface area contributed by atoms with Crippen molar-refractivity contribution < 1.29 is 15.0 Å². The van der Waals surface area contributed by atoms with Crippen LogP contribution >= 0.6 is 11.8 Å². The molecule has 0 radical (unpaired) electrons. The zero-order valence-electron chi connectivity index (χ0n) is 21.4. The summed E-state index contributed by atoms with van der Waals surface area (Å²) >= 11 is 1.56. The van der Waals surface area contributed by atoms with Gasteiger partial charge in [-0.1, -0.05) is 68.1 Å². The fourth-order valence-electron chi connectivity index (χ4n) is 4.94. The summed E-state index contributed by atoms with van der Waals surface area (Å²) in [6.07, 6.45) is -0.132. The monoisotopic (exact) mass is 525 g/mol. The van der Waals surface area contributed by atoms with Gasteiger partial charge in [0.1, 0.15) is 6.10 Å². The van der Waals surface area contributed by atoms with Crippen molar-refractivity contribution in [3.8, 4) is 0 Å². The van der Waals surface area contributed by atoms with E-state index in [0.29, 0.717) is 34.6 Å². The number of benzene rings is 1. The van der Waals surface area contributed by atoms with E-state index in [1.807, 2.05) is 19.9 Å². The molecule has 2 fully saturated rings. The van der Waals surface area contributed by atoms with Gasteiger partial charge in [-0.3, -0.25) is 4.79 Å². The second-order valence-corrected chi connectivity index (χ2v) is 11.5. The Labute approximate surface area is 220 Å². The molecule has 5 rings (SSSR count). The lowest BCUT2D eigenvalue weighted by Gasteiger charge is -2.17. The van der Waals surface area contributed by atoms with Gasteiger partial charge in [-0.2, -0.15) is 0 Å². The van der Waals surface area contributed by atoms with Crippen molar-refractivity contribution in [3.63, 3.8) is 0 Å². The van der Waals surface area contributed by atoms with Crippen molar-refractivity contribution in [2.24, 2.45) is 11.8 Å². The molecule has 2 aromatic heterocycles. The SMILES string of the molecule is CCCSc1nc(NC2CC2c2ccccc2)c2nnn([C@H]3C[C@@H](C(=O)NCC(C)C)[C@H](O)[C@@H]3O)c2n1. The molecule has 37 heavy (non-hydrogen) atoms. The predicted octanol–water partition coefficient (Wildman–Crippen LogP) is 2.75. The van der Waals surface area contributed by atoms with Crippen LogP contribution in [0.2, 0.25) is 0 Å². The minimum atomic E-state index is -1.19. The number of aliphatic hydroxyl groups excluding tert-OH is 2. The largest absolute Gasteiger partial charge is 0.390 e. The van der Waals surface area contributed by atoms with Crippen molar-refractivity contribution in [1.82, 2.24) is 30.3 Å². The Bertz CT molecular complexity index is 1240. The molecule has 2 heterocycles. The number of fused-ring (bicyclic) bond motifs is 1. The molecule has 198 valence electrons. The summed E-state index contributed by atoms with van der Waals surface area (Å²) in [5.41, 5.74) is 2.31. The molecule has 2 saturated carbocycles. The smallest absolute Gasteiger partial charge is 0.225 e. The van der Waals surface area contributed by atoms with Gasteiger partial charge in [0, 0.05) is 24.3 Å². The average molecular weight is 526 g/mol. The van der Waals surface area contributed by atoms with Crippen LogP contribution < -0.4 is 10.6 Å². The van der Waals surface area contributed by atoms with Gasteiger partial charge in [-0.05, 0) is 30.7 Å². The molecule has 6 atom stereocenters. The molecule has 1 aromatic carbocycles. The molecular formula is C26H35N7O3S. The number of thioether (sulfide) groups is 1. The van der Waals surface area contributed by atoms with E-state index in [1.54, 1.807) is 16.4 Å². The summed E-state index contributed by atoms with van der Waals surface area (Å²) < 4.78 is 1.56. The van der Waals surface area contributed by atoms with Crippen molar-refractivity contribution in [2.45, 2.75) is 75.4 Å². The zero-order chi connectivity index (χ0) is 26.1. The van der Waals surface area contributed by atoms with Gasteiger partial charge in [-0.15, -0.1) is 5.10 Å². The number of hydrogen-bond acceptors (Lipinski definition) is 9. The highest BCUT2D eigenvalue weighted by molar-refractivity contribution is 7.99. The number of aromatic nitrogens is 5. The van der Waals surface area contributed by atoms with Crippen LogP contribution in [0.25, 0.3) is 11.2 Å². The number of hydrogen-bond donors (Lipinski definition) is 4. The van der Waals surface area contributed by atoms with Crippen molar-refractivity contribution in [1.29, 1.82) is 0 Å². The van der Waals surface area contributed by atoms with E-state index in [2.05, 4.69) is 52.1 Å². The zero-order valence-corrected chi connectivity index (χ0v) is 22.2. The van der Waals surface area contributed by atoms with Gasteiger partial charge in [0.2, 0.25) is 5.91 Å². The molecule has 0 saturated heterocycles. The van der Waals surface area contributed by atoms with E-state index in [0.717, 1.165) is 18.6 Å². The first-order chi connectivity index (χ1) is 17.9. The number of rotatable bonds is 10. The van der Waals surface area contributed by atoms with Crippen LogP contribution in [0.3, 0.4) is 0 Å². The molecule has 0 spiro atoms. The second kappa shape index (κ2) is 10.9. The highest BCUT2D eigenvalue weighted by atomic mass is 32.2. The number of nitrogens with one attached hydrogen (secondary N) is 2. The molecular weight excluding hydrogens is 490 g/mol. The van der Waals surface area contributed by atoms with E-state index in [9.17, 15) is 15.0 Å². The van der Waals surface area contributed by atoms with E-state index in [1.165, 1.54) is 5.56 Å². The summed E-state index contributed by atoms with van der Waals surface area (Å²) in [5, 5.41) is 37.3. The molecule has 4 N–H and O–H groups in total. The van der Waals surface area contributed by atoms with E-state index in [-0.39, 0.29) is 24.3 Å². The van der Waals surface area contributed by atoms with Crippen LogP contribution in [0.5, 0.6) is 0 Å². The summed E-state index contributed by atoms with van der Waals surface area (Å²) in [6, 6.07) is 10.0. The predicted molar refractivity (Wildman–Crippen MR) is 142 cm³/mol. The lowest BCUT2D eigenvalue weighted by Crippen LogP contribution is -2.39. The van der Waals surface area contributed by atoms with Gasteiger partial charge in [0.05, 0.1) is 18.1 Å². The minimum absolute atomic E-state index is 0.239. The third-order valence-electron chi connectivity index (χ3n) is 7.07. The van der Waals surface area contributed by atoms with Crippen LogP contribution in [0.15, 0.2) is 35.5 Å². The van der Waals surface area contributed by atoms with Gasteiger partial charge in [-0.25, -0.2) is 14.6 Å². The summed E-state index contributed by atoms with van der Waals surface area (Å²) in [7, 11) is 0. The lowest BCUT2D eigenvalue weighted by atomic mass is 10.0. The van der Waals surface area contributed by atoms with E-state index in [4.69, 9.17) is 9.97 Å². The van der Waals surface area contributed by atoms with E-state index < -0.39 is 24.2 Å². The van der Waals surface area contributed by atoms with Crippen molar-refractivity contribution in [3.05, 3.63) is 35.9 Å². The number of anilines is 1. The highest BCUT2D eigenvalue weighted by Gasteiger charge is 2.47. The lowest BCUT2D eigenvalue weighted by molar-refractivity contribution is -0.129. The molecule has 11 heteroatoms. The van der Waals surface area contributed by atoms with Crippen LogP contribution in [0.1, 0.15) is 57.6 Å². The molecule has 2 unspecified atom stereocenters. The number of nitrogens with zero attached hydrogens (tertiary/aromatic N) is 5. The topological polar surface area (TPSA) is 138 Å². The number of aliphatic hydroxyl groups is 2. The third kappa shape index (κ3) is 5.44. The normalized spacial score (nSPS) is 27.1. The maximum absolute atomic E-state index is 12.7. The molecule has 2 aliphatic rings. The molecule has 10 nitrogen and oxygen atoms in total. The quantitative estimate of drug-likeness (QED) is 0.232. The Morgan fingerprint density at radius 2 is 1.95 bits per heavy atom. The summed E-state index contributed by atoms with van der Waals surface area (Å²) in [6.45, 7) is 6.63. The Hall–Kier alpha value is -2.76. The minimum Gasteiger partial charge on any atom is -0.390 e. The molecule has 1 amide bonds. The Morgan fingerprint density at radius 3 is 2.68 bits per heavy atom. The standard InChI is InChI=1S/C26H35N7O3S/c1-4-10-37-26-29-23(28-18-11-16(18)15-8-6-5-7-9-15)20-24(30-26)33(32-31-20)19-12-17(21(34)22(19)35)25(36)27-13-14(2)3/h5-9,14,16-19,21-22,34-35H,4,10-13H2,1-3H3,(H,27,36)(H,28,29,30)/t16?,17-,18?,19+,21+,22-/m1/s1. The maximum Gasteiger partial charge on any atom is 0.225 e.